The molecule has 128 valence electrons. The number of ketones is 1. The predicted molar refractivity (Wildman–Crippen MR) is 100 cm³/mol. The van der Waals surface area contributed by atoms with E-state index in [4.69, 9.17) is 0 Å². The zero-order chi connectivity index (χ0) is 17.8. The number of benzene rings is 2. The van der Waals surface area contributed by atoms with Crippen LogP contribution in [0.5, 0.6) is 0 Å². The fourth-order valence-electron chi connectivity index (χ4n) is 3.16. The topological polar surface area (TPSA) is 61.4 Å². The average molecular weight is 334 g/mol. The van der Waals surface area contributed by atoms with Crippen molar-refractivity contribution in [3.8, 4) is 0 Å². The van der Waals surface area contributed by atoms with Crippen LogP contribution in [-0.4, -0.2) is 30.7 Å². The van der Waals surface area contributed by atoms with E-state index in [-0.39, 0.29) is 12.3 Å². The Kier molecular flexibility index (Phi) is 5.12. The minimum Gasteiger partial charge on any atom is -0.369 e. The van der Waals surface area contributed by atoms with Gasteiger partial charge in [0.25, 0.3) is 0 Å². The molecule has 1 atom stereocenters. The molecule has 1 aliphatic rings. The first-order valence-corrected chi connectivity index (χ1v) is 8.32. The Bertz CT molecular complexity index is 823. The van der Waals surface area contributed by atoms with Gasteiger partial charge in [0.05, 0.1) is 17.8 Å². The van der Waals surface area contributed by atoms with E-state index < -0.39 is 6.23 Å². The summed E-state index contributed by atoms with van der Waals surface area (Å²) < 4.78 is 0. The van der Waals surface area contributed by atoms with E-state index in [9.17, 15) is 9.90 Å². The molecule has 0 fully saturated rings. The number of likely N-dealkylation sites (N-methyl/N-ethyl adjacent to an activating group) is 1. The SMILES string of the molecule is CNCC(=O)C1=C(c2ccccc2)NC(O)/C1=C(/C)c1ccccc1. The van der Waals surface area contributed by atoms with E-state index in [1.807, 2.05) is 67.6 Å². The highest BCUT2D eigenvalue weighted by molar-refractivity contribution is 6.11. The number of carbonyl (C=O) groups is 1. The first kappa shape index (κ1) is 17.1. The smallest absolute Gasteiger partial charge is 0.179 e. The maximum atomic E-state index is 12.8. The first-order valence-electron chi connectivity index (χ1n) is 8.32. The van der Waals surface area contributed by atoms with Gasteiger partial charge >= 0.3 is 0 Å². The Balaban J connectivity index is 2.20. The normalized spacial score (nSPS) is 18.9. The summed E-state index contributed by atoms with van der Waals surface area (Å²) in [5.41, 5.74) is 4.64. The minimum atomic E-state index is -0.911. The van der Waals surface area contributed by atoms with Crippen LogP contribution in [0.4, 0.5) is 0 Å². The van der Waals surface area contributed by atoms with E-state index in [1.54, 1.807) is 7.05 Å². The lowest BCUT2D eigenvalue weighted by Crippen LogP contribution is -2.24. The average Bonchev–Trinajstić information content (AvgIpc) is 3.00. The molecule has 0 aromatic heterocycles. The van der Waals surface area contributed by atoms with E-state index in [0.29, 0.717) is 16.8 Å². The van der Waals surface area contributed by atoms with Crippen molar-refractivity contribution in [3.63, 3.8) is 0 Å². The molecule has 0 bridgehead atoms. The second-order valence-electron chi connectivity index (χ2n) is 6.02. The highest BCUT2D eigenvalue weighted by Gasteiger charge is 2.33. The van der Waals surface area contributed by atoms with Gasteiger partial charge in [-0.05, 0) is 30.7 Å². The second-order valence-corrected chi connectivity index (χ2v) is 6.02. The number of aliphatic hydroxyl groups is 1. The van der Waals surface area contributed by atoms with Crippen LogP contribution in [0.15, 0.2) is 71.8 Å². The Labute approximate surface area is 147 Å². The molecule has 0 spiro atoms. The second kappa shape index (κ2) is 7.47. The van der Waals surface area contributed by atoms with Crippen LogP contribution in [0, 0.1) is 0 Å². The maximum absolute atomic E-state index is 12.8. The number of carbonyl (C=O) groups excluding carboxylic acids is 1. The third-order valence-electron chi connectivity index (χ3n) is 4.36. The molecule has 25 heavy (non-hydrogen) atoms. The van der Waals surface area contributed by atoms with Gasteiger partial charge in [-0.1, -0.05) is 60.7 Å². The first-order chi connectivity index (χ1) is 12.1. The van der Waals surface area contributed by atoms with Crippen molar-refractivity contribution in [1.29, 1.82) is 0 Å². The van der Waals surface area contributed by atoms with E-state index >= 15 is 0 Å². The Morgan fingerprint density at radius 3 is 2.28 bits per heavy atom. The number of hydrogen-bond donors (Lipinski definition) is 3. The highest BCUT2D eigenvalue weighted by atomic mass is 16.3. The lowest BCUT2D eigenvalue weighted by atomic mass is 9.92. The Morgan fingerprint density at radius 2 is 1.68 bits per heavy atom. The molecule has 2 aromatic rings. The van der Waals surface area contributed by atoms with Crippen LogP contribution in [0.25, 0.3) is 11.3 Å². The van der Waals surface area contributed by atoms with Gasteiger partial charge in [0.2, 0.25) is 0 Å². The van der Waals surface area contributed by atoms with Gasteiger partial charge in [-0.25, -0.2) is 0 Å². The fraction of sp³-hybridized carbons (Fsp3) is 0.190. The lowest BCUT2D eigenvalue weighted by Gasteiger charge is -2.13. The molecule has 1 aliphatic heterocycles. The number of Topliss-reactive ketones (excluding diaryl/α,β-unsaturated/α-hetero) is 1. The molecule has 4 heteroatoms. The van der Waals surface area contributed by atoms with Crippen molar-refractivity contribution in [1.82, 2.24) is 10.6 Å². The number of allylic oxidation sites excluding steroid dienone is 1. The molecule has 0 saturated heterocycles. The summed E-state index contributed by atoms with van der Waals surface area (Å²) in [5, 5.41) is 16.7. The molecule has 0 saturated carbocycles. The van der Waals surface area contributed by atoms with Crippen molar-refractivity contribution in [3.05, 3.63) is 82.9 Å². The standard InChI is InChI=1S/C21H22N2O2/c1-14(15-9-5-3-6-10-15)18-19(17(24)13-22-2)20(23-21(18)25)16-11-7-4-8-12-16/h3-12,21-23,25H,13H2,1-2H3/b18-14-. The number of rotatable bonds is 5. The van der Waals surface area contributed by atoms with E-state index in [0.717, 1.165) is 16.7 Å². The summed E-state index contributed by atoms with van der Waals surface area (Å²) in [6.45, 7) is 2.15. The van der Waals surface area contributed by atoms with E-state index in [2.05, 4.69) is 10.6 Å². The van der Waals surface area contributed by atoms with Gasteiger partial charge in [-0.15, -0.1) is 0 Å². The van der Waals surface area contributed by atoms with Crippen molar-refractivity contribution in [2.75, 3.05) is 13.6 Å². The fourth-order valence-corrected chi connectivity index (χ4v) is 3.16. The zero-order valence-corrected chi connectivity index (χ0v) is 14.4. The zero-order valence-electron chi connectivity index (χ0n) is 14.4. The molecular formula is C21H22N2O2. The molecule has 0 amide bonds. The van der Waals surface area contributed by atoms with Gasteiger partial charge in [-0.3, -0.25) is 4.79 Å². The molecule has 3 N–H and O–H groups in total. The molecule has 0 radical (unpaired) electrons. The quantitative estimate of drug-likeness (QED) is 0.786. The van der Waals surface area contributed by atoms with Gasteiger partial charge in [0.1, 0.15) is 0 Å². The summed E-state index contributed by atoms with van der Waals surface area (Å²) in [4.78, 5) is 12.8. The summed E-state index contributed by atoms with van der Waals surface area (Å²) >= 11 is 0. The van der Waals surface area contributed by atoms with Crippen LogP contribution >= 0.6 is 0 Å². The third-order valence-corrected chi connectivity index (χ3v) is 4.36. The predicted octanol–water partition coefficient (Wildman–Crippen LogP) is 2.58. The van der Waals surface area contributed by atoms with Crippen molar-refractivity contribution in [2.45, 2.75) is 13.2 Å². The molecular weight excluding hydrogens is 312 g/mol. The van der Waals surface area contributed by atoms with Crippen molar-refractivity contribution in [2.24, 2.45) is 0 Å². The van der Waals surface area contributed by atoms with Crippen LogP contribution in [-0.2, 0) is 4.79 Å². The lowest BCUT2D eigenvalue weighted by molar-refractivity contribution is -0.114. The van der Waals surface area contributed by atoms with Crippen LogP contribution in [0.1, 0.15) is 18.1 Å². The summed E-state index contributed by atoms with van der Waals surface area (Å²) in [7, 11) is 1.74. The molecule has 2 aromatic carbocycles. The van der Waals surface area contributed by atoms with Crippen molar-refractivity contribution >= 4 is 17.1 Å². The van der Waals surface area contributed by atoms with Gasteiger partial charge < -0.3 is 15.7 Å². The molecule has 0 aliphatic carbocycles. The van der Waals surface area contributed by atoms with Crippen molar-refractivity contribution < 1.29 is 9.90 Å². The van der Waals surface area contributed by atoms with Gasteiger partial charge in [-0.2, -0.15) is 0 Å². The number of aliphatic hydroxyl groups excluding tert-OH is 1. The van der Waals surface area contributed by atoms with Gasteiger partial charge in [0.15, 0.2) is 12.0 Å². The summed E-state index contributed by atoms with van der Waals surface area (Å²) in [6.07, 6.45) is -0.911. The van der Waals surface area contributed by atoms with E-state index in [1.165, 1.54) is 0 Å². The summed E-state index contributed by atoms with van der Waals surface area (Å²) in [6, 6.07) is 19.4. The minimum absolute atomic E-state index is 0.0457. The number of hydrogen-bond acceptors (Lipinski definition) is 4. The molecule has 1 unspecified atom stereocenters. The Morgan fingerprint density at radius 1 is 1.08 bits per heavy atom. The monoisotopic (exact) mass is 334 g/mol. The Hall–Kier alpha value is -2.69. The maximum Gasteiger partial charge on any atom is 0.179 e. The third kappa shape index (κ3) is 3.40. The van der Waals surface area contributed by atoms with Crippen LogP contribution in [0.2, 0.25) is 0 Å². The molecule has 4 nitrogen and oxygen atoms in total. The highest BCUT2D eigenvalue weighted by Crippen LogP contribution is 2.35. The van der Waals surface area contributed by atoms with Gasteiger partial charge in [0, 0.05) is 5.57 Å². The molecule has 3 rings (SSSR count). The largest absolute Gasteiger partial charge is 0.369 e. The number of nitrogens with one attached hydrogen (secondary N) is 2. The van der Waals surface area contributed by atoms with Crippen LogP contribution in [0.3, 0.4) is 0 Å². The summed E-state index contributed by atoms with van der Waals surface area (Å²) in [5.74, 6) is -0.0457. The molecule has 1 heterocycles. The van der Waals surface area contributed by atoms with Crippen LogP contribution < -0.4 is 10.6 Å².